The van der Waals surface area contributed by atoms with Crippen LogP contribution < -0.4 is 9.62 Å². The highest BCUT2D eigenvalue weighted by molar-refractivity contribution is 7.93. The van der Waals surface area contributed by atoms with Gasteiger partial charge in [-0.2, -0.15) is 0 Å². The Labute approximate surface area is 135 Å². The van der Waals surface area contributed by atoms with E-state index in [1.165, 1.54) is 4.31 Å². The number of carbonyl (C=O) groups excluding carboxylic acids is 2. The quantitative estimate of drug-likeness (QED) is 0.817. The lowest BCUT2D eigenvalue weighted by Crippen LogP contribution is -2.25. The first-order valence-electron chi connectivity index (χ1n) is 7.36. The monoisotopic (exact) mass is 340 g/mol. The van der Waals surface area contributed by atoms with E-state index in [0.29, 0.717) is 24.3 Å². The molecular weight excluding hydrogens is 320 g/mol. The highest BCUT2D eigenvalue weighted by atomic mass is 32.2. The molecule has 8 heteroatoms. The zero-order valence-electron chi connectivity index (χ0n) is 13.1. The molecule has 1 N–H and O–H groups in total. The van der Waals surface area contributed by atoms with E-state index in [0.717, 1.165) is 0 Å². The van der Waals surface area contributed by atoms with Crippen molar-refractivity contribution in [2.24, 2.45) is 5.92 Å². The Hall–Kier alpha value is -2.09. The van der Waals surface area contributed by atoms with E-state index in [9.17, 15) is 18.0 Å². The second kappa shape index (κ2) is 6.99. The number of amides is 1. The van der Waals surface area contributed by atoms with E-state index in [-0.39, 0.29) is 18.3 Å². The van der Waals surface area contributed by atoms with Crippen molar-refractivity contribution < 1.29 is 22.7 Å². The van der Waals surface area contributed by atoms with Crippen molar-refractivity contribution in [2.45, 2.75) is 20.3 Å². The summed E-state index contributed by atoms with van der Waals surface area (Å²) in [6.07, 6.45) is 0.587. The molecule has 2 rings (SSSR count). The molecule has 0 saturated carbocycles. The number of sulfonamides is 1. The molecule has 7 nitrogen and oxygen atoms in total. The van der Waals surface area contributed by atoms with E-state index in [2.05, 4.69) is 5.32 Å². The van der Waals surface area contributed by atoms with Crippen LogP contribution in [0.2, 0.25) is 0 Å². The largest absolute Gasteiger partial charge is 0.455 e. The normalized spacial score (nSPS) is 16.4. The minimum atomic E-state index is -3.27. The van der Waals surface area contributed by atoms with Crippen LogP contribution in [0.25, 0.3) is 0 Å². The summed E-state index contributed by atoms with van der Waals surface area (Å²) in [5.74, 6) is -1.08. The molecule has 0 unspecified atom stereocenters. The number of ether oxygens (including phenoxy) is 1. The topological polar surface area (TPSA) is 92.8 Å². The van der Waals surface area contributed by atoms with Crippen LogP contribution >= 0.6 is 0 Å². The van der Waals surface area contributed by atoms with Gasteiger partial charge in [-0.1, -0.05) is 19.9 Å². The molecule has 1 amide bonds. The molecule has 0 radical (unpaired) electrons. The Bertz CT molecular complexity index is 700. The fourth-order valence-corrected chi connectivity index (χ4v) is 3.73. The predicted molar refractivity (Wildman–Crippen MR) is 86.6 cm³/mol. The molecule has 1 heterocycles. The van der Waals surface area contributed by atoms with Crippen LogP contribution in [0.4, 0.5) is 11.4 Å². The predicted octanol–water partition coefficient (Wildman–Crippen LogP) is 1.36. The van der Waals surface area contributed by atoms with E-state index < -0.39 is 21.9 Å². The Morgan fingerprint density at radius 2 is 2.09 bits per heavy atom. The molecule has 0 aliphatic carbocycles. The number of benzene rings is 1. The molecule has 1 aromatic carbocycles. The maximum Gasteiger partial charge on any atom is 0.308 e. The summed E-state index contributed by atoms with van der Waals surface area (Å²) in [6.45, 7) is 3.43. The maximum atomic E-state index is 11.9. The second-order valence-corrected chi connectivity index (χ2v) is 7.62. The average Bonchev–Trinajstić information content (AvgIpc) is 2.84. The lowest BCUT2D eigenvalue weighted by Gasteiger charge is -2.17. The van der Waals surface area contributed by atoms with Gasteiger partial charge in [-0.3, -0.25) is 13.9 Å². The van der Waals surface area contributed by atoms with Crippen molar-refractivity contribution in [2.75, 3.05) is 28.5 Å². The van der Waals surface area contributed by atoms with Crippen molar-refractivity contribution in [3.8, 4) is 0 Å². The van der Waals surface area contributed by atoms with Gasteiger partial charge in [-0.15, -0.1) is 0 Å². The first-order valence-corrected chi connectivity index (χ1v) is 8.97. The minimum absolute atomic E-state index is 0.134. The summed E-state index contributed by atoms with van der Waals surface area (Å²) < 4.78 is 30.0. The molecule has 0 spiro atoms. The van der Waals surface area contributed by atoms with Gasteiger partial charge in [-0.05, 0) is 24.6 Å². The molecule has 0 aromatic heterocycles. The van der Waals surface area contributed by atoms with E-state index in [4.69, 9.17) is 4.74 Å². The third kappa shape index (κ3) is 4.44. The van der Waals surface area contributed by atoms with Crippen LogP contribution in [0, 0.1) is 5.92 Å². The van der Waals surface area contributed by atoms with Crippen LogP contribution in [-0.2, 0) is 24.3 Å². The first kappa shape index (κ1) is 17.3. The van der Waals surface area contributed by atoms with Crippen LogP contribution in [0.1, 0.15) is 20.3 Å². The highest BCUT2D eigenvalue weighted by Crippen LogP contribution is 2.26. The van der Waals surface area contributed by atoms with Crippen LogP contribution in [0.3, 0.4) is 0 Å². The summed E-state index contributed by atoms with van der Waals surface area (Å²) in [6, 6.07) is 6.58. The fraction of sp³-hybridized carbons (Fsp3) is 0.467. The van der Waals surface area contributed by atoms with Crippen LogP contribution in [0.15, 0.2) is 24.3 Å². The van der Waals surface area contributed by atoms with Crippen LogP contribution in [0.5, 0.6) is 0 Å². The summed E-state index contributed by atoms with van der Waals surface area (Å²) in [7, 11) is -3.27. The number of esters is 1. The number of hydrogen-bond acceptors (Lipinski definition) is 5. The third-order valence-electron chi connectivity index (χ3n) is 3.33. The van der Waals surface area contributed by atoms with Crippen molar-refractivity contribution in [1.29, 1.82) is 0 Å². The van der Waals surface area contributed by atoms with E-state index in [1.807, 2.05) is 0 Å². The molecule has 126 valence electrons. The zero-order valence-corrected chi connectivity index (χ0v) is 13.9. The standard InChI is InChI=1S/C15H20N2O5S/c1-11(2)15(19)22-10-14(18)16-12-5-3-6-13(9-12)17-7-4-8-23(17,20)21/h3,5-6,9,11H,4,7-8,10H2,1-2H3,(H,16,18). The van der Waals surface area contributed by atoms with Crippen molar-refractivity contribution >= 4 is 33.3 Å². The fourth-order valence-electron chi connectivity index (χ4n) is 2.17. The SMILES string of the molecule is CC(C)C(=O)OCC(=O)Nc1cccc(N2CCCS2(=O)=O)c1. The zero-order chi connectivity index (χ0) is 17.0. The van der Waals surface area contributed by atoms with E-state index >= 15 is 0 Å². The molecule has 1 aliphatic heterocycles. The lowest BCUT2D eigenvalue weighted by atomic mass is 10.2. The smallest absolute Gasteiger partial charge is 0.308 e. The molecule has 23 heavy (non-hydrogen) atoms. The van der Waals surface area contributed by atoms with Gasteiger partial charge in [0.15, 0.2) is 6.61 Å². The Morgan fingerprint density at radius 3 is 2.70 bits per heavy atom. The van der Waals surface area contributed by atoms with Gasteiger partial charge in [0, 0.05) is 12.2 Å². The average molecular weight is 340 g/mol. The third-order valence-corrected chi connectivity index (χ3v) is 5.20. The molecule has 1 aliphatic rings. The Morgan fingerprint density at radius 1 is 1.35 bits per heavy atom. The number of rotatable bonds is 5. The summed E-state index contributed by atoms with van der Waals surface area (Å²) in [4.78, 5) is 23.1. The van der Waals surface area contributed by atoms with Crippen molar-refractivity contribution in [1.82, 2.24) is 0 Å². The Balaban J connectivity index is 2.00. The lowest BCUT2D eigenvalue weighted by molar-refractivity contribution is -0.150. The van der Waals surface area contributed by atoms with Gasteiger partial charge >= 0.3 is 5.97 Å². The summed E-state index contributed by atoms with van der Waals surface area (Å²) >= 11 is 0. The summed E-state index contributed by atoms with van der Waals surface area (Å²) in [5.41, 5.74) is 0.967. The molecule has 0 atom stereocenters. The van der Waals surface area contributed by atoms with E-state index in [1.54, 1.807) is 38.1 Å². The van der Waals surface area contributed by atoms with Crippen molar-refractivity contribution in [3.05, 3.63) is 24.3 Å². The number of carbonyl (C=O) groups is 2. The second-order valence-electron chi connectivity index (χ2n) is 5.60. The van der Waals surface area contributed by atoms with Crippen LogP contribution in [-0.4, -0.2) is 39.2 Å². The summed E-state index contributed by atoms with van der Waals surface area (Å²) in [5, 5.41) is 2.59. The molecule has 1 aromatic rings. The maximum absolute atomic E-state index is 11.9. The number of hydrogen-bond donors (Lipinski definition) is 1. The molecule has 0 bridgehead atoms. The number of nitrogens with one attached hydrogen (secondary N) is 1. The van der Waals surface area contributed by atoms with Gasteiger partial charge in [0.1, 0.15) is 0 Å². The molecular formula is C15H20N2O5S. The van der Waals surface area contributed by atoms with Gasteiger partial charge in [0.25, 0.3) is 5.91 Å². The van der Waals surface area contributed by atoms with Gasteiger partial charge < -0.3 is 10.1 Å². The number of nitrogens with zero attached hydrogens (tertiary/aromatic N) is 1. The number of anilines is 2. The molecule has 1 saturated heterocycles. The van der Waals surface area contributed by atoms with Gasteiger partial charge in [0.05, 0.1) is 17.4 Å². The van der Waals surface area contributed by atoms with Crippen molar-refractivity contribution in [3.63, 3.8) is 0 Å². The van der Waals surface area contributed by atoms with Gasteiger partial charge in [-0.25, -0.2) is 8.42 Å². The highest BCUT2D eigenvalue weighted by Gasteiger charge is 2.28. The first-order chi connectivity index (χ1) is 10.8. The van der Waals surface area contributed by atoms with Gasteiger partial charge in [0.2, 0.25) is 10.0 Å². The minimum Gasteiger partial charge on any atom is -0.455 e. The molecule has 1 fully saturated rings. The Kier molecular flexibility index (Phi) is 5.25.